The van der Waals surface area contributed by atoms with Crippen LogP contribution in [0.5, 0.6) is 0 Å². The number of carbonyl (C=O) groups is 1. The number of amides is 1. The fourth-order valence-corrected chi connectivity index (χ4v) is 2.25. The molecule has 0 aromatic heterocycles. The second-order valence-electron chi connectivity index (χ2n) is 5.17. The van der Waals surface area contributed by atoms with Gasteiger partial charge in [-0.3, -0.25) is 4.79 Å². The molecule has 0 bridgehead atoms. The second kappa shape index (κ2) is 6.31. The lowest BCUT2D eigenvalue weighted by Crippen LogP contribution is -2.47. The summed E-state index contributed by atoms with van der Waals surface area (Å²) >= 11 is 0. The van der Waals surface area contributed by atoms with Crippen molar-refractivity contribution in [2.75, 3.05) is 30.4 Å². The van der Waals surface area contributed by atoms with Crippen LogP contribution in [-0.4, -0.2) is 44.3 Å². The van der Waals surface area contributed by atoms with Crippen LogP contribution >= 0.6 is 0 Å². The zero-order valence-corrected chi connectivity index (χ0v) is 12.2. The Kier molecular flexibility index (Phi) is 4.79. The highest BCUT2D eigenvalue weighted by molar-refractivity contribution is 5.96. The lowest BCUT2D eigenvalue weighted by molar-refractivity contribution is -0.267. The highest BCUT2D eigenvalue weighted by atomic mass is 19.4. The number of anilines is 2. The van der Waals surface area contributed by atoms with Gasteiger partial charge in [-0.15, -0.1) is 0 Å². The Morgan fingerprint density at radius 3 is 2.30 bits per heavy atom. The first-order chi connectivity index (χ1) is 10.6. The minimum atomic E-state index is -5.93. The quantitative estimate of drug-likeness (QED) is 0.858. The Balaban J connectivity index is 2.02. The number of rotatable bonds is 4. The molecule has 1 saturated heterocycles. The van der Waals surface area contributed by atoms with Gasteiger partial charge in [0, 0.05) is 31.6 Å². The van der Waals surface area contributed by atoms with Crippen LogP contribution in [0.3, 0.4) is 0 Å². The first-order valence-electron chi connectivity index (χ1n) is 6.79. The summed E-state index contributed by atoms with van der Waals surface area (Å²) in [5.41, 5.74) is 0.635. The summed E-state index contributed by atoms with van der Waals surface area (Å²) in [5, 5.41) is 1.57. The minimum Gasteiger partial charge on any atom is -0.380 e. The number of methoxy groups -OCH3 is 1. The number of nitrogens with one attached hydrogen (secondary N) is 1. The van der Waals surface area contributed by atoms with Gasteiger partial charge in [-0.1, -0.05) is 0 Å². The third-order valence-electron chi connectivity index (χ3n) is 3.61. The number of benzene rings is 1. The fraction of sp³-hybridized carbons (Fsp3) is 0.500. The zero-order valence-electron chi connectivity index (χ0n) is 12.2. The van der Waals surface area contributed by atoms with Crippen LogP contribution in [0.2, 0.25) is 0 Å². The molecule has 1 atom stereocenters. The molecule has 1 aromatic carbocycles. The molecule has 1 aromatic rings. The SMILES string of the molecule is COC1CCN(c2ccc(NC(=O)C(F)(F)C(F)(F)F)cc2)C1. The summed E-state index contributed by atoms with van der Waals surface area (Å²) in [7, 11) is 1.60. The van der Waals surface area contributed by atoms with E-state index in [4.69, 9.17) is 4.74 Å². The molecule has 9 heteroatoms. The van der Waals surface area contributed by atoms with E-state index in [1.54, 1.807) is 24.6 Å². The normalized spacial score (nSPS) is 19.0. The Morgan fingerprint density at radius 1 is 1.22 bits per heavy atom. The summed E-state index contributed by atoms with van der Waals surface area (Å²) in [6.45, 7) is 1.41. The summed E-state index contributed by atoms with van der Waals surface area (Å²) in [6, 6.07) is 5.64. The monoisotopic (exact) mass is 338 g/mol. The molecule has 23 heavy (non-hydrogen) atoms. The molecule has 1 fully saturated rings. The van der Waals surface area contributed by atoms with Crippen molar-refractivity contribution in [2.24, 2.45) is 0 Å². The van der Waals surface area contributed by atoms with Crippen molar-refractivity contribution in [3.8, 4) is 0 Å². The molecule has 1 N–H and O–H groups in total. The van der Waals surface area contributed by atoms with Gasteiger partial charge in [0.1, 0.15) is 0 Å². The van der Waals surface area contributed by atoms with Crippen molar-refractivity contribution < 1.29 is 31.5 Å². The van der Waals surface area contributed by atoms with Gasteiger partial charge in [-0.05, 0) is 30.7 Å². The highest BCUT2D eigenvalue weighted by Gasteiger charge is 2.63. The Labute approximate surface area is 129 Å². The maximum absolute atomic E-state index is 12.9. The van der Waals surface area contributed by atoms with E-state index in [2.05, 4.69) is 0 Å². The van der Waals surface area contributed by atoms with Crippen molar-refractivity contribution in [2.45, 2.75) is 24.6 Å². The van der Waals surface area contributed by atoms with Crippen LogP contribution in [-0.2, 0) is 9.53 Å². The molecule has 1 unspecified atom stereocenters. The van der Waals surface area contributed by atoms with Crippen molar-refractivity contribution in [3.63, 3.8) is 0 Å². The topological polar surface area (TPSA) is 41.6 Å². The molecule has 128 valence electrons. The number of nitrogens with zero attached hydrogens (tertiary/aromatic N) is 1. The molecular formula is C14H15F5N2O2. The van der Waals surface area contributed by atoms with Gasteiger partial charge in [0.15, 0.2) is 0 Å². The molecule has 0 spiro atoms. The van der Waals surface area contributed by atoms with Crippen molar-refractivity contribution in [3.05, 3.63) is 24.3 Å². The molecule has 2 rings (SSSR count). The molecule has 1 amide bonds. The van der Waals surface area contributed by atoms with E-state index in [0.29, 0.717) is 6.54 Å². The third-order valence-corrected chi connectivity index (χ3v) is 3.61. The Hall–Kier alpha value is -1.90. The number of hydrogen-bond donors (Lipinski definition) is 1. The van der Waals surface area contributed by atoms with E-state index in [0.717, 1.165) is 18.7 Å². The van der Waals surface area contributed by atoms with Crippen LogP contribution in [0.1, 0.15) is 6.42 Å². The van der Waals surface area contributed by atoms with E-state index >= 15 is 0 Å². The number of hydrogen-bond acceptors (Lipinski definition) is 3. The molecule has 4 nitrogen and oxygen atoms in total. The molecule has 1 heterocycles. The maximum atomic E-state index is 12.9. The number of alkyl halides is 5. The average Bonchev–Trinajstić information content (AvgIpc) is 2.95. The van der Waals surface area contributed by atoms with Gasteiger partial charge in [-0.2, -0.15) is 22.0 Å². The lowest BCUT2D eigenvalue weighted by atomic mass is 10.2. The second-order valence-corrected chi connectivity index (χ2v) is 5.17. The molecule has 1 aliphatic heterocycles. The van der Waals surface area contributed by atoms with E-state index in [9.17, 15) is 26.7 Å². The number of halogens is 5. The first kappa shape index (κ1) is 17.5. The molecular weight excluding hydrogens is 323 g/mol. The van der Waals surface area contributed by atoms with Crippen molar-refractivity contribution in [1.29, 1.82) is 0 Å². The van der Waals surface area contributed by atoms with E-state index < -0.39 is 18.0 Å². The predicted molar refractivity (Wildman–Crippen MR) is 73.7 cm³/mol. The van der Waals surface area contributed by atoms with Crippen LogP contribution in [0.25, 0.3) is 0 Å². The molecule has 0 radical (unpaired) electrons. The van der Waals surface area contributed by atoms with Crippen molar-refractivity contribution >= 4 is 17.3 Å². The zero-order chi connectivity index (χ0) is 17.3. The Morgan fingerprint density at radius 2 is 1.83 bits per heavy atom. The first-order valence-corrected chi connectivity index (χ1v) is 6.79. The van der Waals surface area contributed by atoms with Crippen LogP contribution < -0.4 is 10.2 Å². The largest absolute Gasteiger partial charge is 0.463 e. The third kappa shape index (κ3) is 3.72. The molecule has 0 aliphatic carbocycles. The van der Waals surface area contributed by atoms with Gasteiger partial charge in [0.2, 0.25) is 0 Å². The summed E-state index contributed by atoms with van der Waals surface area (Å²) in [5.74, 6) is -7.84. The van der Waals surface area contributed by atoms with Crippen LogP contribution in [0, 0.1) is 0 Å². The molecule has 0 saturated carbocycles. The number of ether oxygens (including phenoxy) is 1. The number of carbonyl (C=O) groups excluding carboxylic acids is 1. The van der Waals surface area contributed by atoms with E-state index in [1.807, 2.05) is 4.90 Å². The summed E-state index contributed by atoms with van der Waals surface area (Å²) in [6.07, 6.45) is -4.99. The standard InChI is InChI=1S/C14H15F5N2O2/c1-23-11-6-7-21(8-11)10-4-2-9(3-5-10)20-12(22)13(15,16)14(17,18)19/h2-5,11H,6-8H2,1H3,(H,20,22). The van der Waals surface area contributed by atoms with Crippen molar-refractivity contribution in [1.82, 2.24) is 0 Å². The van der Waals surface area contributed by atoms with Gasteiger partial charge in [0.25, 0.3) is 0 Å². The van der Waals surface area contributed by atoms with Gasteiger partial charge in [0.05, 0.1) is 6.10 Å². The van der Waals surface area contributed by atoms with Gasteiger partial charge < -0.3 is 15.0 Å². The summed E-state index contributed by atoms with van der Waals surface area (Å²) in [4.78, 5) is 13.1. The van der Waals surface area contributed by atoms with Gasteiger partial charge in [-0.25, -0.2) is 0 Å². The van der Waals surface area contributed by atoms with Crippen LogP contribution in [0.4, 0.5) is 33.3 Å². The van der Waals surface area contributed by atoms with E-state index in [-0.39, 0.29) is 11.8 Å². The summed E-state index contributed by atoms with van der Waals surface area (Å²) < 4.78 is 67.2. The highest BCUT2D eigenvalue weighted by Crippen LogP contribution is 2.36. The maximum Gasteiger partial charge on any atom is 0.463 e. The Bertz CT molecular complexity index is 559. The molecule has 1 aliphatic rings. The van der Waals surface area contributed by atoms with Gasteiger partial charge >= 0.3 is 18.0 Å². The lowest BCUT2D eigenvalue weighted by Gasteiger charge is -2.20. The smallest absolute Gasteiger partial charge is 0.380 e. The van der Waals surface area contributed by atoms with E-state index in [1.165, 1.54) is 12.1 Å². The minimum absolute atomic E-state index is 0.0971. The van der Waals surface area contributed by atoms with Crippen LogP contribution in [0.15, 0.2) is 24.3 Å². The fourth-order valence-electron chi connectivity index (χ4n) is 2.25. The average molecular weight is 338 g/mol. The predicted octanol–water partition coefficient (Wildman–Crippen LogP) is 3.05.